The molecule has 1 fully saturated rings. The van der Waals surface area contributed by atoms with Crippen molar-refractivity contribution in [1.82, 2.24) is 4.90 Å². The van der Waals surface area contributed by atoms with Crippen molar-refractivity contribution in [1.29, 1.82) is 0 Å². The van der Waals surface area contributed by atoms with Crippen LogP contribution in [-0.2, 0) is 4.79 Å². The second kappa shape index (κ2) is 9.34. The van der Waals surface area contributed by atoms with Crippen LogP contribution in [0.5, 0.6) is 17.2 Å². The second-order valence-corrected chi connectivity index (χ2v) is 7.66. The van der Waals surface area contributed by atoms with Gasteiger partial charge < -0.3 is 29.3 Å². The summed E-state index contributed by atoms with van der Waals surface area (Å²) >= 11 is 6.35. The smallest absolute Gasteiger partial charge is 0.241 e. The van der Waals surface area contributed by atoms with Gasteiger partial charge in [0.15, 0.2) is 11.5 Å². The fraction of sp³-hybridized carbons (Fsp3) is 0.409. The SMILES string of the molecule is COc1ccc(N2CCN(C(=O)CNc3cc4c(cc3Cl)OCCCO4)CC2)cc1. The lowest BCUT2D eigenvalue weighted by Gasteiger charge is -2.36. The summed E-state index contributed by atoms with van der Waals surface area (Å²) in [5, 5.41) is 3.66. The number of hydrogen-bond acceptors (Lipinski definition) is 6. The molecule has 0 aromatic heterocycles. The summed E-state index contributed by atoms with van der Waals surface area (Å²) in [6, 6.07) is 11.5. The molecule has 2 heterocycles. The number of hydrogen-bond donors (Lipinski definition) is 1. The number of carbonyl (C=O) groups is 1. The monoisotopic (exact) mass is 431 g/mol. The zero-order chi connectivity index (χ0) is 20.9. The molecular weight excluding hydrogens is 406 g/mol. The number of nitrogens with one attached hydrogen (secondary N) is 1. The molecule has 8 heteroatoms. The predicted molar refractivity (Wildman–Crippen MR) is 117 cm³/mol. The van der Waals surface area contributed by atoms with Gasteiger partial charge in [-0.3, -0.25) is 4.79 Å². The van der Waals surface area contributed by atoms with Crippen LogP contribution < -0.4 is 24.4 Å². The molecule has 0 spiro atoms. The van der Waals surface area contributed by atoms with Crippen molar-refractivity contribution in [3.8, 4) is 17.2 Å². The molecule has 7 nitrogen and oxygen atoms in total. The van der Waals surface area contributed by atoms with Gasteiger partial charge in [-0.2, -0.15) is 0 Å². The largest absolute Gasteiger partial charge is 0.497 e. The number of benzene rings is 2. The minimum absolute atomic E-state index is 0.0487. The average Bonchev–Trinajstić information content (AvgIpc) is 3.02. The first kappa shape index (κ1) is 20.5. The number of anilines is 2. The Labute approximate surface area is 181 Å². The molecular formula is C22H26ClN3O4. The Hall–Kier alpha value is -2.80. The standard InChI is InChI=1S/C22H26ClN3O4/c1-28-17-5-3-16(4-6-17)25-7-9-26(10-8-25)22(27)15-24-19-14-21-20(13-18(19)23)29-11-2-12-30-21/h3-6,13-14,24H,2,7-12,15H2,1H3. The van der Waals surface area contributed by atoms with Crippen LogP contribution in [0.25, 0.3) is 0 Å². The zero-order valence-electron chi connectivity index (χ0n) is 17.0. The van der Waals surface area contributed by atoms with Gasteiger partial charge in [-0.1, -0.05) is 11.6 Å². The van der Waals surface area contributed by atoms with Gasteiger partial charge in [0, 0.05) is 50.4 Å². The van der Waals surface area contributed by atoms with Gasteiger partial charge in [0.25, 0.3) is 0 Å². The molecule has 2 aromatic rings. The van der Waals surface area contributed by atoms with Gasteiger partial charge in [0.1, 0.15) is 5.75 Å². The Morgan fingerprint density at radius 2 is 1.73 bits per heavy atom. The van der Waals surface area contributed by atoms with Crippen molar-refractivity contribution in [3.63, 3.8) is 0 Å². The van der Waals surface area contributed by atoms with Gasteiger partial charge in [-0.05, 0) is 24.3 Å². The maximum absolute atomic E-state index is 12.7. The van der Waals surface area contributed by atoms with Crippen LogP contribution in [0.15, 0.2) is 36.4 Å². The summed E-state index contributed by atoms with van der Waals surface area (Å²) in [5.41, 5.74) is 1.81. The lowest BCUT2D eigenvalue weighted by Crippen LogP contribution is -2.50. The highest BCUT2D eigenvalue weighted by Crippen LogP contribution is 2.37. The average molecular weight is 432 g/mol. The number of nitrogens with zero attached hydrogens (tertiary/aromatic N) is 2. The van der Waals surface area contributed by atoms with Crippen LogP contribution in [0.1, 0.15) is 6.42 Å². The first-order valence-corrected chi connectivity index (χ1v) is 10.5. The molecule has 0 unspecified atom stereocenters. The maximum atomic E-state index is 12.7. The molecule has 2 aliphatic heterocycles. The molecule has 2 aromatic carbocycles. The van der Waals surface area contributed by atoms with Crippen LogP contribution in [0.4, 0.5) is 11.4 Å². The summed E-state index contributed by atoms with van der Waals surface area (Å²) in [6.45, 7) is 4.35. The molecule has 1 N–H and O–H groups in total. The van der Waals surface area contributed by atoms with Gasteiger partial charge in [-0.25, -0.2) is 0 Å². The summed E-state index contributed by atoms with van der Waals surface area (Å²) in [4.78, 5) is 16.8. The highest BCUT2D eigenvalue weighted by Gasteiger charge is 2.22. The third kappa shape index (κ3) is 4.67. The number of ether oxygens (including phenoxy) is 3. The van der Waals surface area contributed by atoms with E-state index in [0.29, 0.717) is 48.5 Å². The molecule has 0 bridgehead atoms. The molecule has 0 atom stereocenters. The molecule has 0 radical (unpaired) electrons. The van der Waals surface area contributed by atoms with E-state index < -0.39 is 0 Å². The van der Waals surface area contributed by atoms with E-state index >= 15 is 0 Å². The summed E-state index contributed by atoms with van der Waals surface area (Å²) < 4.78 is 16.6. The van der Waals surface area contributed by atoms with Crippen molar-refractivity contribution in [3.05, 3.63) is 41.4 Å². The van der Waals surface area contributed by atoms with Gasteiger partial charge in [-0.15, -0.1) is 0 Å². The lowest BCUT2D eigenvalue weighted by atomic mass is 10.2. The summed E-state index contributed by atoms with van der Waals surface area (Å²) in [6.07, 6.45) is 0.829. The number of halogens is 1. The highest BCUT2D eigenvalue weighted by molar-refractivity contribution is 6.33. The van der Waals surface area contributed by atoms with Gasteiger partial charge in [0.05, 0.1) is 37.6 Å². The van der Waals surface area contributed by atoms with Crippen LogP contribution in [0, 0.1) is 0 Å². The van der Waals surface area contributed by atoms with E-state index in [1.165, 1.54) is 0 Å². The molecule has 1 saturated heterocycles. The lowest BCUT2D eigenvalue weighted by molar-refractivity contribution is -0.129. The van der Waals surface area contributed by atoms with Crippen molar-refractivity contribution in [2.45, 2.75) is 6.42 Å². The van der Waals surface area contributed by atoms with Crippen LogP contribution in [-0.4, -0.2) is 63.9 Å². The molecule has 0 saturated carbocycles. The number of rotatable bonds is 5. The van der Waals surface area contributed by atoms with E-state index in [-0.39, 0.29) is 12.5 Å². The molecule has 2 aliphatic rings. The fourth-order valence-electron chi connectivity index (χ4n) is 3.61. The van der Waals surface area contributed by atoms with E-state index in [2.05, 4.69) is 10.2 Å². The molecule has 0 aliphatic carbocycles. The second-order valence-electron chi connectivity index (χ2n) is 7.25. The molecule has 1 amide bonds. The number of fused-ring (bicyclic) bond motifs is 1. The molecule has 4 rings (SSSR count). The van der Waals surface area contributed by atoms with Gasteiger partial charge in [0.2, 0.25) is 5.91 Å². The molecule has 30 heavy (non-hydrogen) atoms. The van der Waals surface area contributed by atoms with Crippen LogP contribution in [0.3, 0.4) is 0 Å². The number of amides is 1. The normalized spacial score (nSPS) is 16.1. The highest BCUT2D eigenvalue weighted by atomic mass is 35.5. The quantitative estimate of drug-likeness (QED) is 0.784. The fourth-order valence-corrected chi connectivity index (χ4v) is 3.83. The zero-order valence-corrected chi connectivity index (χ0v) is 17.8. The third-order valence-electron chi connectivity index (χ3n) is 5.34. The van der Waals surface area contributed by atoms with Crippen molar-refractivity contribution in [2.24, 2.45) is 0 Å². The first-order valence-electron chi connectivity index (χ1n) is 10.1. The number of piperazine rings is 1. The Bertz CT molecular complexity index is 883. The maximum Gasteiger partial charge on any atom is 0.241 e. The number of methoxy groups -OCH3 is 1. The van der Waals surface area contributed by atoms with E-state index in [9.17, 15) is 4.79 Å². The topological polar surface area (TPSA) is 63.3 Å². The predicted octanol–water partition coefficient (Wildman–Crippen LogP) is 3.27. The summed E-state index contributed by atoms with van der Waals surface area (Å²) in [5.74, 6) is 2.18. The third-order valence-corrected chi connectivity index (χ3v) is 5.65. The Morgan fingerprint density at radius 3 is 2.40 bits per heavy atom. The number of carbonyl (C=O) groups excluding carboxylic acids is 1. The van der Waals surface area contributed by atoms with Crippen molar-refractivity contribution in [2.75, 3.05) is 63.3 Å². The van der Waals surface area contributed by atoms with Crippen LogP contribution >= 0.6 is 11.6 Å². The van der Waals surface area contributed by atoms with Crippen LogP contribution in [0.2, 0.25) is 5.02 Å². The van der Waals surface area contributed by atoms with E-state index in [1.807, 2.05) is 29.2 Å². The Balaban J connectivity index is 1.30. The Morgan fingerprint density at radius 1 is 1.07 bits per heavy atom. The summed E-state index contributed by atoms with van der Waals surface area (Å²) in [7, 11) is 1.66. The van der Waals surface area contributed by atoms with E-state index in [0.717, 1.165) is 30.9 Å². The first-order chi connectivity index (χ1) is 14.6. The van der Waals surface area contributed by atoms with Crippen molar-refractivity contribution < 1.29 is 19.0 Å². The van der Waals surface area contributed by atoms with E-state index in [4.69, 9.17) is 25.8 Å². The van der Waals surface area contributed by atoms with Gasteiger partial charge >= 0.3 is 0 Å². The van der Waals surface area contributed by atoms with E-state index in [1.54, 1.807) is 19.2 Å². The Kier molecular flexibility index (Phi) is 6.38. The van der Waals surface area contributed by atoms with Crippen molar-refractivity contribution >= 4 is 28.9 Å². The minimum atomic E-state index is 0.0487. The minimum Gasteiger partial charge on any atom is -0.497 e. The molecule has 160 valence electrons.